The second-order valence-corrected chi connectivity index (χ2v) is 10.6. The highest BCUT2D eigenvalue weighted by atomic mass is 15.1. The van der Waals surface area contributed by atoms with Gasteiger partial charge in [-0.1, -0.05) is 46.4 Å². The maximum atomic E-state index is 3.95. The topological polar surface area (TPSA) is 18.5 Å². The van der Waals surface area contributed by atoms with E-state index in [1.165, 1.54) is 68.8 Å². The fraction of sp³-hybridized carbons (Fsp3) is 0.586. The third-order valence-corrected chi connectivity index (χ3v) is 7.38. The number of benzene rings is 1. The van der Waals surface area contributed by atoms with Crippen molar-refractivity contribution in [2.24, 2.45) is 23.7 Å². The van der Waals surface area contributed by atoms with Gasteiger partial charge in [-0.15, -0.1) is 0 Å². The average Bonchev–Trinajstić information content (AvgIpc) is 2.80. The molecule has 2 saturated heterocycles. The van der Waals surface area contributed by atoms with Crippen molar-refractivity contribution >= 4 is 5.69 Å². The molecule has 176 valence electrons. The first-order valence-electron chi connectivity index (χ1n) is 12.7. The van der Waals surface area contributed by atoms with Gasteiger partial charge in [0.2, 0.25) is 0 Å². The van der Waals surface area contributed by atoms with E-state index in [2.05, 4.69) is 92.7 Å². The van der Waals surface area contributed by atoms with Gasteiger partial charge in [0.25, 0.3) is 0 Å². The normalized spacial score (nSPS) is 23.6. The summed E-state index contributed by atoms with van der Waals surface area (Å²) in [5, 5.41) is 3.11. The Balaban J connectivity index is 0.000000181. The van der Waals surface area contributed by atoms with Crippen LogP contribution in [0.25, 0.3) is 0 Å². The van der Waals surface area contributed by atoms with Gasteiger partial charge < -0.3 is 15.1 Å². The summed E-state index contributed by atoms with van der Waals surface area (Å²) < 4.78 is 0. The molecule has 1 N–H and O–H groups in total. The smallest absolute Gasteiger partial charge is 0.0401 e. The third kappa shape index (κ3) is 6.92. The number of nitrogens with zero attached hydrogens (tertiary/aromatic N) is 2. The Morgan fingerprint density at radius 3 is 2.16 bits per heavy atom. The van der Waals surface area contributed by atoms with E-state index in [1.54, 1.807) is 0 Å². The molecule has 0 aliphatic carbocycles. The molecule has 0 bridgehead atoms. The highest BCUT2D eigenvalue weighted by Gasteiger charge is 2.24. The molecule has 3 aliphatic heterocycles. The number of anilines is 1. The molecule has 2 unspecified atom stereocenters. The molecule has 1 aromatic rings. The van der Waals surface area contributed by atoms with Crippen LogP contribution in [0.15, 0.2) is 60.6 Å². The number of rotatable bonds is 4. The molecule has 0 spiro atoms. The van der Waals surface area contributed by atoms with Crippen LogP contribution in [0.4, 0.5) is 5.69 Å². The van der Waals surface area contributed by atoms with Crippen LogP contribution in [0.2, 0.25) is 0 Å². The lowest BCUT2D eigenvalue weighted by Crippen LogP contribution is -2.37. The summed E-state index contributed by atoms with van der Waals surface area (Å²) in [6, 6.07) is 8.90. The molecular weight excluding hydrogens is 390 g/mol. The van der Waals surface area contributed by atoms with Crippen molar-refractivity contribution in [1.82, 2.24) is 10.2 Å². The number of allylic oxidation sites excluding steroid dienone is 2. The quantitative estimate of drug-likeness (QED) is 0.565. The number of dihydropyridines is 1. The van der Waals surface area contributed by atoms with Crippen molar-refractivity contribution < 1.29 is 0 Å². The lowest BCUT2D eigenvalue weighted by atomic mass is 9.87. The molecule has 3 aliphatic rings. The van der Waals surface area contributed by atoms with Gasteiger partial charge in [-0.2, -0.15) is 0 Å². The Hall–Kier alpha value is -2.16. The molecule has 0 amide bonds. The first-order chi connectivity index (χ1) is 15.3. The summed E-state index contributed by atoms with van der Waals surface area (Å²) in [4.78, 5) is 5.05. The van der Waals surface area contributed by atoms with Gasteiger partial charge >= 0.3 is 0 Å². The summed E-state index contributed by atoms with van der Waals surface area (Å²) in [6.45, 7) is 20.3. The SMILES string of the molecule is C=C1C=C(N2CCCC(C(C)C)C2)C=CN1.Cc1cccc(N2CCCC(C(C)C)C2)c1. The Labute approximate surface area is 197 Å². The molecule has 4 rings (SSSR count). The Kier molecular flexibility index (Phi) is 8.90. The molecule has 1 aromatic carbocycles. The Bertz CT molecular complexity index is 804. The summed E-state index contributed by atoms with van der Waals surface area (Å²) in [5.41, 5.74) is 5.08. The minimum absolute atomic E-state index is 0.789. The molecular formula is C29H45N3. The van der Waals surface area contributed by atoms with Crippen LogP contribution in [0.3, 0.4) is 0 Å². The van der Waals surface area contributed by atoms with Crippen LogP contribution in [0, 0.1) is 30.6 Å². The number of nitrogens with one attached hydrogen (secondary N) is 1. The van der Waals surface area contributed by atoms with E-state index in [-0.39, 0.29) is 0 Å². The van der Waals surface area contributed by atoms with Crippen LogP contribution in [0.5, 0.6) is 0 Å². The highest BCUT2D eigenvalue weighted by Crippen LogP contribution is 2.28. The number of likely N-dealkylation sites (tertiary alicyclic amines) is 1. The molecule has 0 aromatic heterocycles. The van der Waals surface area contributed by atoms with E-state index >= 15 is 0 Å². The van der Waals surface area contributed by atoms with Crippen molar-refractivity contribution in [2.75, 3.05) is 31.1 Å². The Morgan fingerprint density at radius 1 is 0.938 bits per heavy atom. The van der Waals surface area contributed by atoms with Gasteiger partial charge in [0.05, 0.1) is 0 Å². The van der Waals surface area contributed by atoms with Crippen molar-refractivity contribution in [3.05, 3.63) is 66.2 Å². The second-order valence-electron chi connectivity index (χ2n) is 10.6. The van der Waals surface area contributed by atoms with Crippen molar-refractivity contribution in [3.8, 4) is 0 Å². The average molecular weight is 436 g/mol. The van der Waals surface area contributed by atoms with E-state index in [9.17, 15) is 0 Å². The van der Waals surface area contributed by atoms with Crippen LogP contribution in [0.1, 0.15) is 58.9 Å². The monoisotopic (exact) mass is 435 g/mol. The molecule has 3 heterocycles. The molecule has 0 saturated carbocycles. The van der Waals surface area contributed by atoms with E-state index in [0.717, 1.165) is 29.4 Å². The fourth-order valence-electron chi connectivity index (χ4n) is 5.10. The van der Waals surface area contributed by atoms with Crippen molar-refractivity contribution in [2.45, 2.75) is 60.3 Å². The van der Waals surface area contributed by atoms with Gasteiger partial charge in [0.1, 0.15) is 0 Å². The zero-order valence-electron chi connectivity index (χ0n) is 21.1. The summed E-state index contributed by atoms with van der Waals surface area (Å²) in [7, 11) is 0. The maximum Gasteiger partial charge on any atom is 0.0401 e. The number of hydrogen-bond donors (Lipinski definition) is 1. The molecule has 3 heteroatoms. The van der Waals surface area contributed by atoms with Crippen LogP contribution in [-0.2, 0) is 0 Å². The fourth-order valence-corrected chi connectivity index (χ4v) is 5.10. The molecule has 2 atom stereocenters. The molecule has 3 nitrogen and oxygen atoms in total. The van der Waals surface area contributed by atoms with Crippen molar-refractivity contribution in [1.29, 1.82) is 0 Å². The zero-order chi connectivity index (χ0) is 23.1. The van der Waals surface area contributed by atoms with Crippen LogP contribution >= 0.6 is 0 Å². The standard InChI is InChI=1S/C15H23N.C14H22N2/c1-12(2)14-7-5-9-16(11-14)15-8-4-6-13(3)10-15;1-11(2)13-5-4-8-16(10-13)14-6-7-15-12(3)9-14/h4,6,8,10,12,14H,5,7,9,11H2,1-3H3;6-7,9,11,13,15H,3-5,8,10H2,1-2H3. The first kappa shape index (κ1) is 24.5. The largest absolute Gasteiger partial charge is 0.371 e. The summed E-state index contributed by atoms with van der Waals surface area (Å²) in [6.07, 6.45) is 11.7. The van der Waals surface area contributed by atoms with Gasteiger partial charge in [-0.05, 0) is 86.1 Å². The van der Waals surface area contributed by atoms with E-state index in [0.29, 0.717) is 0 Å². The Morgan fingerprint density at radius 2 is 1.56 bits per heavy atom. The minimum Gasteiger partial charge on any atom is -0.371 e. The lowest BCUT2D eigenvalue weighted by Gasteiger charge is -2.37. The predicted molar refractivity (Wildman–Crippen MR) is 140 cm³/mol. The number of piperidine rings is 2. The number of aryl methyl sites for hydroxylation is 1. The van der Waals surface area contributed by atoms with Crippen LogP contribution in [-0.4, -0.2) is 31.1 Å². The third-order valence-electron chi connectivity index (χ3n) is 7.38. The highest BCUT2D eigenvalue weighted by molar-refractivity contribution is 5.48. The molecule has 32 heavy (non-hydrogen) atoms. The van der Waals surface area contributed by atoms with Crippen LogP contribution < -0.4 is 10.2 Å². The van der Waals surface area contributed by atoms with Gasteiger partial charge in [0, 0.05) is 49.5 Å². The summed E-state index contributed by atoms with van der Waals surface area (Å²) >= 11 is 0. The van der Waals surface area contributed by atoms with E-state index in [4.69, 9.17) is 0 Å². The summed E-state index contributed by atoms with van der Waals surface area (Å²) in [5.74, 6) is 3.31. The maximum absolute atomic E-state index is 3.95. The lowest BCUT2D eigenvalue weighted by molar-refractivity contribution is 0.183. The van der Waals surface area contributed by atoms with E-state index in [1.807, 2.05) is 6.20 Å². The zero-order valence-corrected chi connectivity index (χ0v) is 21.1. The molecule has 2 fully saturated rings. The predicted octanol–water partition coefficient (Wildman–Crippen LogP) is 6.74. The number of hydrogen-bond acceptors (Lipinski definition) is 3. The van der Waals surface area contributed by atoms with Gasteiger partial charge in [-0.25, -0.2) is 0 Å². The van der Waals surface area contributed by atoms with Crippen molar-refractivity contribution in [3.63, 3.8) is 0 Å². The van der Waals surface area contributed by atoms with Gasteiger partial charge in [-0.3, -0.25) is 0 Å². The first-order valence-corrected chi connectivity index (χ1v) is 12.7. The van der Waals surface area contributed by atoms with E-state index < -0.39 is 0 Å². The second kappa shape index (κ2) is 11.6. The van der Waals surface area contributed by atoms with Gasteiger partial charge in [0.15, 0.2) is 0 Å². The minimum atomic E-state index is 0.789. The molecule has 0 radical (unpaired) electrons.